The number of hydrogen-bond donors (Lipinski definition) is 0. The first kappa shape index (κ1) is 10.8. The molecule has 0 spiro atoms. The normalized spacial score (nSPS) is 16.7. The maximum atomic E-state index is 11.3. The van der Waals surface area contributed by atoms with Gasteiger partial charge < -0.3 is 14.5 Å². The van der Waals surface area contributed by atoms with Crippen LogP contribution in [0, 0.1) is 0 Å². The Morgan fingerprint density at radius 1 is 1.14 bits per heavy atom. The van der Waals surface area contributed by atoms with E-state index in [9.17, 15) is 9.59 Å². The van der Waals surface area contributed by atoms with Crippen LogP contribution in [-0.2, 0) is 9.53 Å². The van der Waals surface area contributed by atoms with E-state index in [1.165, 1.54) is 7.11 Å². The van der Waals surface area contributed by atoms with Crippen molar-refractivity contribution in [1.82, 2.24) is 9.80 Å². The van der Waals surface area contributed by atoms with Gasteiger partial charge in [0.25, 0.3) is 0 Å². The number of carbonyl (C=O) groups is 2. The topological polar surface area (TPSA) is 49.9 Å². The molecule has 0 saturated carbocycles. The van der Waals surface area contributed by atoms with Crippen LogP contribution >= 0.6 is 0 Å². The molecule has 0 unspecified atom stereocenters. The van der Waals surface area contributed by atoms with Crippen LogP contribution in [0.5, 0.6) is 0 Å². The molecule has 0 aromatic carbocycles. The van der Waals surface area contributed by atoms with Crippen molar-refractivity contribution in [1.29, 1.82) is 0 Å². The van der Waals surface area contributed by atoms with E-state index < -0.39 is 0 Å². The third-order valence-corrected chi connectivity index (χ3v) is 2.37. The molecule has 0 atom stereocenters. The number of hydrogen-bond acceptors (Lipinski definition) is 3. The smallest absolute Gasteiger partial charge is 0.409 e. The van der Waals surface area contributed by atoms with Gasteiger partial charge in [0.2, 0.25) is 5.91 Å². The number of methoxy groups -OCH3 is 1. The summed E-state index contributed by atoms with van der Waals surface area (Å²) in [6.45, 7) is 4.20. The van der Waals surface area contributed by atoms with Crippen molar-refractivity contribution in [3.63, 3.8) is 0 Å². The zero-order valence-electron chi connectivity index (χ0n) is 8.65. The van der Waals surface area contributed by atoms with E-state index in [2.05, 4.69) is 4.74 Å². The first-order valence-corrected chi connectivity index (χ1v) is 4.79. The minimum atomic E-state index is -0.311. The molecule has 1 heterocycles. The van der Waals surface area contributed by atoms with Crippen molar-refractivity contribution < 1.29 is 14.3 Å². The van der Waals surface area contributed by atoms with Crippen LogP contribution in [0.2, 0.25) is 0 Å². The van der Waals surface area contributed by atoms with Gasteiger partial charge in [0.15, 0.2) is 0 Å². The number of carbonyl (C=O) groups excluding carboxylic acids is 2. The summed E-state index contributed by atoms with van der Waals surface area (Å²) < 4.78 is 4.60. The molecule has 0 N–H and O–H groups in total. The Morgan fingerprint density at radius 2 is 1.64 bits per heavy atom. The van der Waals surface area contributed by atoms with Gasteiger partial charge in [0.05, 0.1) is 7.11 Å². The average molecular weight is 200 g/mol. The molecule has 1 aliphatic heterocycles. The Bertz CT molecular complexity index is 198. The van der Waals surface area contributed by atoms with E-state index in [1.54, 1.807) is 9.80 Å². The molecule has 1 saturated heterocycles. The van der Waals surface area contributed by atoms with Gasteiger partial charge in [-0.1, -0.05) is 6.92 Å². The maximum absolute atomic E-state index is 11.3. The second kappa shape index (κ2) is 4.83. The van der Waals surface area contributed by atoms with Crippen molar-refractivity contribution >= 4 is 12.0 Å². The lowest BCUT2D eigenvalue weighted by molar-refractivity contribution is -0.132. The fourth-order valence-corrected chi connectivity index (χ4v) is 1.49. The van der Waals surface area contributed by atoms with Crippen molar-refractivity contribution in [3.8, 4) is 0 Å². The van der Waals surface area contributed by atoms with E-state index >= 15 is 0 Å². The third-order valence-electron chi connectivity index (χ3n) is 2.37. The first-order chi connectivity index (χ1) is 6.69. The second-order valence-electron chi connectivity index (χ2n) is 3.19. The number of rotatable bonds is 1. The quantitative estimate of drug-likeness (QED) is 0.612. The Labute approximate surface area is 83.6 Å². The predicted molar refractivity (Wildman–Crippen MR) is 50.8 cm³/mol. The van der Waals surface area contributed by atoms with Gasteiger partial charge >= 0.3 is 6.09 Å². The molecule has 0 aromatic rings. The lowest BCUT2D eigenvalue weighted by Crippen LogP contribution is -2.50. The molecule has 1 fully saturated rings. The minimum Gasteiger partial charge on any atom is -0.453 e. The lowest BCUT2D eigenvalue weighted by atomic mass is 10.3. The third kappa shape index (κ3) is 2.37. The van der Waals surface area contributed by atoms with E-state index in [0.29, 0.717) is 32.6 Å². The summed E-state index contributed by atoms with van der Waals surface area (Å²) in [6.07, 6.45) is 0.215. The first-order valence-electron chi connectivity index (χ1n) is 4.79. The summed E-state index contributed by atoms with van der Waals surface area (Å²) in [5, 5.41) is 0. The number of piperazine rings is 1. The Balaban J connectivity index is 2.38. The molecule has 5 nitrogen and oxygen atoms in total. The molecule has 1 rings (SSSR count). The maximum Gasteiger partial charge on any atom is 0.409 e. The summed E-state index contributed by atoms with van der Waals surface area (Å²) in [4.78, 5) is 25.8. The number of nitrogens with zero attached hydrogens (tertiary/aromatic N) is 2. The largest absolute Gasteiger partial charge is 0.453 e. The molecule has 0 bridgehead atoms. The van der Waals surface area contributed by atoms with E-state index in [0.717, 1.165) is 0 Å². The Morgan fingerprint density at radius 3 is 2.07 bits per heavy atom. The second-order valence-corrected chi connectivity index (χ2v) is 3.19. The van der Waals surface area contributed by atoms with Crippen LogP contribution in [-0.4, -0.2) is 55.1 Å². The molecule has 5 heteroatoms. The fraction of sp³-hybridized carbons (Fsp3) is 0.778. The summed E-state index contributed by atoms with van der Waals surface area (Å²) in [7, 11) is 1.37. The lowest BCUT2D eigenvalue weighted by Gasteiger charge is -2.33. The van der Waals surface area contributed by atoms with E-state index in [1.807, 2.05) is 6.92 Å². The molecule has 1 aliphatic rings. The van der Waals surface area contributed by atoms with Gasteiger partial charge in [-0.25, -0.2) is 4.79 Å². The molecular weight excluding hydrogens is 184 g/mol. The number of ether oxygens (including phenoxy) is 1. The van der Waals surface area contributed by atoms with Crippen LogP contribution in [0.25, 0.3) is 0 Å². The average Bonchev–Trinajstić information content (AvgIpc) is 2.27. The summed E-state index contributed by atoms with van der Waals surface area (Å²) in [5.74, 6) is 0.148. The van der Waals surface area contributed by atoms with Crippen LogP contribution in [0.1, 0.15) is 13.3 Å². The summed E-state index contributed by atoms with van der Waals surface area (Å²) in [5.41, 5.74) is 0. The van der Waals surface area contributed by atoms with Crippen molar-refractivity contribution in [2.24, 2.45) is 0 Å². The Kier molecular flexibility index (Phi) is 3.73. The standard InChI is InChI=1S/C9H16N2O3/c1-3-8(12)10-4-6-11(7-5-10)9(13)14-2/h3-7H2,1-2H3. The molecule has 0 aromatic heterocycles. The molecule has 14 heavy (non-hydrogen) atoms. The van der Waals surface area contributed by atoms with Crippen molar-refractivity contribution in [2.45, 2.75) is 13.3 Å². The highest BCUT2D eigenvalue weighted by atomic mass is 16.5. The van der Waals surface area contributed by atoms with Crippen molar-refractivity contribution in [3.05, 3.63) is 0 Å². The summed E-state index contributed by atoms with van der Waals surface area (Å²) >= 11 is 0. The van der Waals surface area contributed by atoms with Crippen LogP contribution in [0.4, 0.5) is 4.79 Å². The van der Waals surface area contributed by atoms with E-state index in [-0.39, 0.29) is 12.0 Å². The molecule has 0 aliphatic carbocycles. The predicted octanol–water partition coefficient (Wildman–Crippen LogP) is 0.307. The van der Waals surface area contributed by atoms with Crippen LogP contribution in [0.15, 0.2) is 0 Å². The highest BCUT2D eigenvalue weighted by Gasteiger charge is 2.23. The van der Waals surface area contributed by atoms with Crippen LogP contribution < -0.4 is 0 Å². The molecular formula is C9H16N2O3. The van der Waals surface area contributed by atoms with Gasteiger partial charge in [-0.2, -0.15) is 0 Å². The van der Waals surface area contributed by atoms with Gasteiger partial charge in [-0.15, -0.1) is 0 Å². The zero-order valence-corrected chi connectivity index (χ0v) is 8.65. The number of amides is 2. The molecule has 2 amide bonds. The van der Waals surface area contributed by atoms with Gasteiger partial charge in [-0.3, -0.25) is 4.79 Å². The van der Waals surface area contributed by atoms with Gasteiger partial charge in [-0.05, 0) is 0 Å². The fourth-order valence-electron chi connectivity index (χ4n) is 1.49. The minimum absolute atomic E-state index is 0.148. The van der Waals surface area contributed by atoms with Crippen molar-refractivity contribution in [2.75, 3.05) is 33.3 Å². The highest BCUT2D eigenvalue weighted by molar-refractivity contribution is 5.76. The van der Waals surface area contributed by atoms with E-state index in [4.69, 9.17) is 0 Å². The van der Waals surface area contributed by atoms with Gasteiger partial charge in [0, 0.05) is 32.6 Å². The van der Waals surface area contributed by atoms with Gasteiger partial charge in [0.1, 0.15) is 0 Å². The monoisotopic (exact) mass is 200 g/mol. The highest BCUT2D eigenvalue weighted by Crippen LogP contribution is 2.04. The van der Waals surface area contributed by atoms with Crippen LogP contribution in [0.3, 0.4) is 0 Å². The Hall–Kier alpha value is -1.26. The summed E-state index contributed by atoms with van der Waals surface area (Å²) in [6, 6.07) is 0. The molecule has 0 radical (unpaired) electrons. The SMILES string of the molecule is CCC(=O)N1CCN(C(=O)OC)CC1. The zero-order chi connectivity index (χ0) is 10.6. The molecule has 80 valence electrons.